The van der Waals surface area contributed by atoms with Gasteiger partial charge in [-0.1, -0.05) is 6.07 Å². The monoisotopic (exact) mass is 376 g/mol. The van der Waals surface area contributed by atoms with Gasteiger partial charge >= 0.3 is 5.97 Å². The Balaban J connectivity index is 2.62. The summed E-state index contributed by atoms with van der Waals surface area (Å²) in [7, 11) is 0. The second-order valence-corrected chi connectivity index (χ2v) is 5.76. The number of rotatable bonds is 6. The number of carbonyl (C=O) groups excluding carboxylic acids is 2. The molecular formula is C14H17IO4. The lowest BCUT2D eigenvalue weighted by Crippen LogP contribution is -2.38. The first-order valence-corrected chi connectivity index (χ1v) is 7.04. The van der Waals surface area contributed by atoms with E-state index >= 15 is 0 Å². The van der Waals surface area contributed by atoms with Gasteiger partial charge in [0.1, 0.15) is 17.8 Å². The molecule has 0 unspecified atom stereocenters. The lowest BCUT2D eigenvalue weighted by molar-refractivity contribution is -0.158. The normalized spacial score (nSPS) is 10.9. The minimum Gasteiger partial charge on any atom is -0.486 e. The van der Waals surface area contributed by atoms with Crippen LogP contribution in [0.2, 0.25) is 0 Å². The lowest BCUT2D eigenvalue weighted by atomic mass is 9.88. The summed E-state index contributed by atoms with van der Waals surface area (Å²) < 4.78 is 11.3. The number of benzene rings is 1. The summed E-state index contributed by atoms with van der Waals surface area (Å²) in [5.41, 5.74) is -1.18. The van der Waals surface area contributed by atoms with Gasteiger partial charge in [-0.3, -0.25) is 9.59 Å². The zero-order chi connectivity index (χ0) is 14.5. The Morgan fingerprint density at radius 1 is 1.32 bits per heavy atom. The van der Waals surface area contributed by atoms with Gasteiger partial charge in [0.25, 0.3) is 0 Å². The molecule has 0 amide bonds. The van der Waals surface area contributed by atoms with Crippen molar-refractivity contribution in [1.82, 2.24) is 0 Å². The third kappa shape index (κ3) is 4.49. The lowest BCUT2D eigenvalue weighted by Gasteiger charge is -2.20. The zero-order valence-electron chi connectivity index (χ0n) is 11.2. The summed E-state index contributed by atoms with van der Waals surface area (Å²) in [6.07, 6.45) is 0. The molecule has 1 aromatic rings. The van der Waals surface area contributed by atoms with Crippen LogP contribution in [0.4, 0.5) is 0 Å². The third-order valence-electron chi connectivity index (χ3n) is 2.65. The number of esters is 1. The van der Waals surface area contributed by atoms with Crippen molar-refractivity contribution in [3.8, 4) is 5.75 Å². The molecule has 19 heavy (non-hydrogen) atoms. The first kappa shape index (κ1) is 15.9. The van der Waals surface area contributed by atoms with Crippen LogP contribution in [-0.2, 0) is 14.3 Å². The van der Waals surface area contributed by atoms with Gasteiger partial charge in [0, 0.05) is 3.57 Å². The second kappa shape index (κ2) is 6.88. The topological polar surface area (TPSA) is 52.6 Å². The number of ether oxygens (including phenoxy) is 2. The molecule has 1 rings (SSSR count). The van der Waals surface area contributed by atoms with Crippen LogP contribution in [0.3, 0.4) is 0 Å². The number of Topliss-reactive ketones (excluding diaryl/α,β-unsaturated/α-hetero) is 1. The number of ketones is 1. The highest BCUT2D eigenvalue weighted by Gasteiger charge is 2.37. The fourth-order valence-electron chi connectivity index (χ4n) is 1.31. The van der Waals surface area contributed by atoms with E-state index in [-0.39, 0.29) is 19.0 Å². The molecule has 5 heteroatoms. The van der Waals surface area contributed by atoms with E-state index in [2.05, 4.69) is 22.6 Å². The molecule has 0 bridgehead atoms. The van der Waals surface area contributed by atoms with Gasteiger partial charge in [0.15, 0.2) is 5.78 Å². The minimum atomic E-state index is -1.18. The quantitative estimate of drug-likeness (QED) is 0.435. The van der Waals surface area contributed by atoms with Crippen molar-refractivity contribution in [2.45, 2.75) is 20.8 Å². The van der Waals surface area contributed by atoms with E-state index in [1.54, 1.807) is 26.8 Å². The first-order valence-electron chi connectivity index (χ1n) is 5.96. The molecule has 0 N–H and O–H groups in total. The summed E-state index contributed by atoms with van der Waals surface area (Å²) in [6, 6.07) is 7.37. The van der Waals surface area contributed by atoms with Crippen molar-refractivity contribution in [2.24, 2.45) is 5.41 Å². The predicted octanol–water partition coefficient (Wildman–Crippen LogP) is 2.83. The van der Waals surface area contributed by atoms with E-state index < -0.39 is 11.4 Å². The maximum atomic E-state index is 12.0. The van der Waals surface area contributed by atoms with Crippen molar-refractivity contribution >= 4 is 34.3 Å². The van der Waals surface area contributed by atoms with Gasteiger partial charge in [-0.2, -0.15) is 0 Å². The summed E-state index contributed by atoms with van der Waals surface area (Å²) in [5.74, 6) is -0.212. The van der Waals surface area contributed by atoms with Crippen molar-refractivity contribution in [3.05, 3.63) is 27.8 Å². The summed E-state index contributed by atoms with van der Waals surface area (Å²) in [5, 5.41) is 0. The minimum absolute atomic E-state index is 0.147. The second-order valence-electron chi connectivity index (χ2n) is 4.51. The van der Waals surface area contributed by atoms with Crippen LogP contribution in [-0.4, -0.2) is 25.0 Å². The van der Waals surface area contributed by atoms with Gasteiger partial charge in [0.05, 0.1) is 6.61 Å². The first-order chi connectivity index (χ1) is 8.87. The van der Waals surface area contributed by atoms with Crippen molar-refractivity contribution in [3.63, 3.8) is 0 Å². The maximum absolute atomic E-state index is 12.0. The van der Waals surface area contributed by atoms with Gasteiger partial charge < -0.3 is 9.47 Å². The van der Waals surface area contributed by atoms with Crippen LogP contribution in [0.1, 0.15) is 20.8 Å². The van der Waals surface area contributed by atoms with E-state index in [0.717, 1.165) is 3.57 Å². The molecule has 0 aliphatic heterocycles. The van der Waals surface area contributed by atoms with Gasteiger partial charge in [0.2, 0.25) is 0 Å². The molecule has 0 spiro atoms. The molecule has 0 heterocycles. The Bertz CT molecular complexity index is 468. The third-order valence-corrected chi connectivity index (χ3v) is 3.32. The van der Waals surface area contributed by atoms with Gasteiger partial charge in [-0.05, 0) is 61.6 Å². The highest BCUT2D eigenvalue weighted by atomic mass is 127. The summed E-state index contributed by atoms with van der Waals surface area (Å²) in [6.45, 7) is 4.91. The molecule has 1 aromatic carbocycles. The van der Waals surface area contributed by atoms with Crippen LogP contribution in [0.5, 0.6) is 5.75 Å². The van der Waals surface area contributed by atoms with Crippen LogP contribution in [0.25, 0.3) is 0 Å². The van der Waals surface area contributed by atoms with Crippen LogP contribution < -0.4 is 4.74 Å². The molecule has 0 atom stereocenters. The number of hydrogen-bond acceptors (Lipinski definition) is 4. The van der Waals surface area contributed by atoms with Crippen molar-refractivity contribution in [1.29, 1.82) is 0 Å². The Hall–Kier alpha value is -1.11. The SMILES string of the molecule is CCOC(=O)C(C)(C)C(=O)COc1cccc(I)c1. The molecule has 0 radical (unpaired) electrons. The average molecular weight is 376 g/mol. The van der Waals surface area contributed by atoms with E-state index in [4.69, 9.17) is 9.47 Å². The van der Waals surface area contributed by atoms with Crippen molar-refractivity contribution < 1.29 is 19.1 Å². The predicted molar refractivity (Wildman–Crippen MR) is 80.1 cm³/mol. The molecule has 0 saturated carbocycles. The Kier molecular flexibility index (Phi) is 5.78. The Labute approximate surface area is 126 Å². The average Bonchev–Trinajstić information content (AvgIpc) is 2.36. The molecular weight excluding hydrogens is 359 g/mol. The van der Waals surface area contributed by atoms with Crippen LogP contribution in [0.15, 0.2) is 24.3 Å². The molecule has 0 aliphatic carbocycles. The Morgan fingerprint density at radius 3 is 2.58 bits per heavy atom. The van der Waals surface area contributed by atoms with Crippen LogP contribution >= 0.6 is 22.6 Å². The fraction of sp³-hybridized carbons (Fsp3) is 0.429. The number of halogens is 1. The molecule has 4 nitrogen and oxygen atoms in total. The van der Waals surface area contributed by atoms with Gasteiger partial charge in [-0.25, -0.2) is 0 Å². The van der Waals surface area contributed by atoms with E-state index in [1.807, 2.05) is 18.2 Å². The highest BCUT2D eigenvalue weighted by Crippen LogP contribution is 2.20. The van der Waals surface area contributed by atoms with Gasteiger partial charge in [-0.15, -0.1) is 0 Å². The zero-order valence-corrected chi connectivity index (χ0v) is 13.4. The number of carbonyl (C=O) groups is 2. The largest absolute Gasteiger partial charge is 0.486 e. The van der Waals surface area contributed by atoms with Crippen LogP contribution in [0, 0.1) is 8.99 Å². The highest BCUT2D eigenvalue weighted by molar-refractivity contribution is 14.1. The molecule has 0 aliphatic rings. The van der Waals surface area contributed by atoms with E-state index in [0.29, 0.717) is 5.75 Å². The molecule has 0 saturated heterocycles. The van der Waals surface area contributed by atoms with E-state index in [9.17, 15) is 9.59 Å². The summed E-state index contributed by atoms with van der Waals surface area (Å²) >= 11 is 2.16. The molecule has 0 fully saturated rings. The van der Waals surface area contributed by atoms with E-state index in [1.165, 1.54) is 0 Å². The Morgan fingerprint density at radius 2 is 2.00 bits per heavy atom. The standard InChI is InChI=1S/C14H17IO4/c1-4-18-13(17)14(2,3)12(16)9-19-11-7-5-6-10(15)8-11/h5-8H,4,9H2,1-3H3. The molecule has 104 valence electrons. The molecule has 0 aromatic heterocycles. The maximum Gasteiger partial charge on any atom is 0.319 e. The number of hydrogen-bond donors (Lipinski definition) is 0. The summed E-state index contributed by atoms with van der Waals surface area (Å²) in [4.78, 5) is 23.7. The smallest absolute Gasteiger partial charge is 0.319 e. The van der Waals surface area contributed by atoms with Crippen molar-refractivity contribution in [2.75, 3.05) is 13.2 Å². The fourth-order valence-corrected chi connectivity index (χ4v) is 1.83.